The number of carbonyl (C=O) groups excluding carboxylic acids is 5. The van der Waals surface area contributed by atoms with E-state index in [1.165, 1.54) is 43.1 Å². The molecule has 0 aromatic heterocycles. The van der Waals surface area contributed by atoms with Crippen LogP contribution in [-0.4, -0.2) is 109 Å². The van der Waals surface area contributed by atoms with Gasteiger partial charge in [-0.15, -0.1) is 0 Å². The average molecular weight is 786 g/mol. The van der Waals surface area contributed by atoms with E-state index in [0.717, 1.165) is 22.3 Å². The van der Waals surface area contributed by atoms with E-state index >= 15 is 0 Å². The number of ketones is 1. The molecule has 6 atom stereocenters. The second kappa shape index (κ2) is 21.5. The molecule has 3 aromatic carbocycles. The number of Topliss-reactive ketones (excluding diaryl/α,β-unsaturated/α-hetero) is 1. The number of aryl methyl sites for hydroxylation is 2. The van der Waals surface area contributed by atoms with Crippen molar-refractivity contribution in [2.24, 2.45) is 17.8 Å². The van der Waals surface area contributed by atoms with E-state index in [0.29, 0.717) is 18.4 Å². The SMILES string of the molecule is CC[C@H](C)[C@H](OC(=O)[C@H](Cc1ccc(C)cc1)N(C)C)C(=O)C[C@@H](C(=O)N(C)[C@H](Cc1ccc(O)cc1)C(=O)N(C)[C@@H](Cc1ccc(C)cc1)C(=O)OC)C(C)C. The van der Waals surface area contributed by atoms with Gasteiger partial charge in [0, 0.05) is 45.2 Å². The Morgan fingerprint density at radius 1 is 0.632 bits per heavy atom. The molecular formula is C46H63N3O8. The van der Waals surface area contributed by atoms with Crippen LogP contribution < -0.4 is 0 Å². The summed E-state index contributed by atoms with van der Waals surface area (Å²) in [6.07, 6.45) is -0.0562. The lowest BCUT2D eigenvalue weighted by Crippen LogP contribution is -2.55. The maximum Gasteiger partial charge on any atom is 0.328 e. The van der Waals surface area contributed by atoms with Crippen LogP contribution in [0, 0.1) is 31.6 Å². The van der Waals surface area contributed by atoms with Crippen molar-refractivity contribution in [3.63, 3.8) is 0 Å². The quantitative estimate of drug-likeness (QED) is 0.137. The summed E-state index contributed by atoms with van der Waals surface area (Å²) in [5.41, 5.74) is 4.63. The van der Waals surface area contributed by atoms with Crippen LogP contribution >= 0.6 is 0 Å². The number of esters is 2. The van der Waals surface area contributed by atoms with Crippen LogP contribution in [-0.2, 0) is 52.7 Å². The van der Waals surface area contributed by atoms with Crippen LogP contribution in [0.5, 0.6) is 5.75 Å². The molecule has 0 spiro atoms. The van der Waals surface area contributed by atoms with Gasteiger partial charge in [-0.3, -0.25) is 24.1 Å². The van der Waals surface area contributed by atoms with Crippen molar-refractivity contribution in [3.05, 3.63) is 101 Å². The fourth-order valence-corrected chi connectivity index (χ4v) is 6.79. The third kappa shape index (κ3) is 13.0. The van der Waals surface area contributed by atoms with E-state index in [1.807, 2.05) is 90.1 Å². The minimum absolute atomic E-state index is 0.0500. The number of benzene rings is 3. The van der Waals surface area contributed by atoms with Gasteiger partial charge in [0.05, 0.1) is 7.11 Å². The summed E-state index contributed by atoms with van der Waals surface area (Å²) in [4.78, 5) is 74.7. The van der Waals surface area contributed by atoms with Crippen molar-refractivity contribution in [1.82, 2.24) is 14.7 Å². The molecule has 0 unspecified atom stereocenters. The van der Waals surface area contributed by atoms with E-state index in [1.54, 1.807) is 31.1 Å². The molecule has 0 fully saturated rings. The number of hydrogen-bond donors (Lipinski definition) is 1. The van der Waals surface area contributed by atoms with Crippen LogP contribution in [0.1, 0.15) is 68.4 Å². The largest absolute Gasteiger partial charge is 0.508 e. The summed E-state index contributed by atoms with van der Waals surface area (Å²) in [5, 5.41) is 9.95. The Hall–Kier alpha value is -5.03. The number of rotatable bonds is 20. The second-order valence-corrected chi connectivity index (χ2v) is 15.9. The second-order valence-electron chi connectivity index (χ2n) is 15.9. The lowest BCUT2D eigenvalue weighted by molar-refractivity contribution is -0.163. The van der Waals surface area contributed by atoms with Crippen molar-refractivity contribution in [1.29, 1.82) is 0 Å². The minimum atomic E-state index is -1.08. The van der Waals surface area contributed by atoms with Crippen molar-refractivity contribution in [2.45, 2.75) is 97.9 Å². The molecule has 0 aliphatic heterocycles. The van der Waals surface area contributed by atoms with Gasteiger partial charge in [0.2, 0.25) is 11.8 Å². The highest BCUT2D eigenvalue weighted by atomic mass is 16.5. The third-order valence-corrected chi connectivity index (χ3v) is 11.0. The highest BCUT2D eigenvalue weighted by molar-refractivity contribution is 5.94. The Balaban J connectivity index is 1.93. The number of ether oxygens (including phenoxy) is 2. The van der Waals surface area contributed by atoms with Crippen LogP contribution in [0.2, 0.25) is 0 Å². The van der Waals surface area contributed by atoms with Gasteiger partial charge in [-0.05, 0) is 75.5 Å². The van der Waals surface area contributed by atoms with Crippen molar-refractivity contribution in [2.75, 3.05) is 35.3 Å². The summed E-state index contributed by atoms with van der Waals surface area (Å²) in [5.74, 6) is -3.85. The van der Waals surface area contributed by atoms with Gasteiger partial charge in [-0.25, -0.2) is 4.79 Å². The molecule has 0 saturated heterocycles. The normalized spacial score (nSPS) is 14.5. The molecule has 57 heavy (non-hydrogen) atoms. The Morgan fingerprint density at radius 3 is 1.51 bits per heavy atom. The number of aromatic hydroxyl groups is 1. The molecule has 0 radical (unpaired) electrons. The number of likely N-dealkylation sites (N-methyl/N-ethyl adjacent to an activating group) is 3. The lowest BCUT2D eigenvalue weighted by atomic mass is 9.85. The zero-order chi connectivity index (χ0) is 42.6. The molecule has 1 N–H and O–H groups in total. The number of phenols is 1. The molecular weight excluding hydrogens is 723 g/mol. The van der Waals surface area contributed by atoms with Gasteiger partial charge >= 0.3 is 11.9 Å². The highest BCUT2D eigenvalue weighted by Crippen LogP contribution is 2.26. The highest BCUT2D eigenvalue weighted by Gasteiger charge is 2.40. The fraction of sp³-hybridized carbons (Fsp3) is 0.500. The summed E-state index contributed by atoms with van der Waals surface area (Å²) in [7, 11) is 7.92. The smallest absolute Gasteiger partial charge is 0.328 e. The van der Waals surface area contributed by atoms with E-state index in [9.17, 15) is 29.1 Å². The molecule has 3 rings (SSSR count). The zero-order valence-corrected chi connectivity index (χ0v) is 35.7. The van der Waals surface area contributed by atoms with Gasteiger partial charge in [-0.2, -0.15) is 0 Å². The first-order valence-electron chi connectivity index (χ1n) is 19.8. The van der Waals surface area contributed by atoms with Crippen molar-refractivity contribution in [3.8, 4) is 5.75 Å². The molecule has 11 nitrogen and oxygen atoms in total. The van der Waals surface area contributed by atoms with Crippen LogP contribution in [0.3, 0.4) is 0 Å². The molecule has 0 aliphatic carbocycles. The van der Waals surface area contributed by atoms with Gasteiger partial charge in [-0.1, -0.05) is 99.5 Å². The van der Waals surface area contributed by atoms with Crippen LogP contribution in [0.25, 0.3) is 0 Å². The number of carbonyl (C=O) groups is 5. The van der Waals surface area contributed by atoms with Gasteiger partial charge in [0.15, 0.2) is 11.9 Å². The molecule has 0 heterocycles. The maximum absolute atomic E-state index is 14.6. The lowest BCUT2D eigenvalue weighted by Gasteiger charge is -2.36. The first-order valence-corrected chi connectivity index (χ1v) is 19.8. The number of hydrogen-bond acceptors (Lipinski definition) is 9. The van der Waals surface area contributed by atoms with E-state index in [-0.39, 0.29) is 42.6 Å². The molecule has 310 valence electrons. The van der Waals surface area contributed by atoms with Gasteiger partial charge in [0.25, 0.3) is 0 Å². The Kier molecular flexibility index (Phi) is 17.5. The number of methoxy groups -OCH3 is 1. The Bertz CT molecular complexity index is 1790. The number of phenolic OH excluding ortho intramolecular Hbond substituents is 1. The fourth-order valence-electron chi connectivity index (χ4n) is 6.79. The standard InChI is InChI=1S/C46H63N3O8/c1-12-32(6)42(57-46(55)39(47(7)8)26-33-17-13-30(4)14-18-33)41(51)28-37(29(2)3)43(52)48(9)38(25-35-21-23-36(50)24-22-35)44(53)49(10)40(45(54)56-11)27-34-19-15-31(5)16-20-34/h13-24,29,32,37-40,42,50H,12,25-28H2,1-11H3/t32-,37+,38+,39-,40-,42-/m0/s1. The van der Waals surface area contributed by atoms with Gasteiger partial charge < -0.3 is 24.4 Å². The first kappa shape index (κ1) is 46.4. The van der Waals surface area contributed by atoms with E-state index in [4.69, 9.17) is 9.47 Å². The third-order valence-electron chi connectivity index (χ3n) is 11.0. The monoisotopic (exact) mass is 785 g/mol. The van der Waals surface area contributed by atoms with E-state index in [2.05, 4.69) is 0 Å². The van der Waals surface area contributed by atoms with Gasteiger partial charge in [0.1, 0.15) is 23.9 Å². The molecule has 11 heteroatoms. The first-order chi connectivity index (χ1) is 26.9. The molecule has 0 bridgehead atoms. The summed E-state index contributed by atoms with van der Waals surface area (Å²) >= 11 is 0. The number of nitrogens with zero attached hydrogens (tertiary/aromatic N) is 3. The van der Waals surface area contributed by atoms with Crippen LogP contribution in [0.4, 0.5) is 0 Å². The average Bonchev–Trinajstić information content (AvgIpc) is 3.19. The summed E-state index contributed by atoms with van der Waals surface area (Å²) in [6, 6.07) is 19.2. The predicted octanol–water partition coefficient (Wildman–Crippen LogP) is 5.98. The summed E-state index contributed by atoms with van der Waals surface area (Å²) < 4.78 is 11.2. The van der Waals surface area contributed by atoms with Crippen molar-refractivity contribution < 1.29 is 38.6 Å². The Morgan fingerprint density at radius 2 is 1.07 bits per heavy atom. The van der Waals surface area contributed by atoms with Crippen molar-refractivity contribution >= 4 is 29.5 Å². The molecule has 0 aliphatic rings. The van der Waals surface area contributed by atoms with E-state index < -0.39 is 53.9 Å². The summed E-state index contributed by atoms with van der Waals surface area (Å²) in [6.45, 7) is 11.4. The molecule has 3 aromatic rings. The zero-order valence-electron chi connectivity index (χ0n) is 35.7. The topological polar surface area (TPSA) is 134 Å². The number of amides is 2. The minimum Gasteiger partial charge on any atom is -0.508 e. The molecule has 0 saturated carbocycles. The predicted molar refractivity (Wildman–Crippen MR) is 221 cm³/mol. The van der Waals surface area contributed by atoms with Crippen LogP contribution in [0.15, 0.2) is 72.8 Å². The Labute approximate surface area is 339 Å². The maximum atomic E-state index is 14.6. The molecule has 2 amide bonds.